The summed E-state index contributed by atoms with van der Waals surface area (Å²) in [5.41, 5.74) is 4.94. The van der Waals surface area contributed by atoms with Gasteiger partial charge in [0.1, 0.15) is 6.17 Å². The van der Waals surface area contributed by atoms with Gasteiger partial charge in [-0.2, -0.15) is 13.2 Å². The van der Waals surface area contributed by atoms with E-state index in [2.05, 4.69) is 21.2 Å². The zero-order valence-corrected chi connectivity index (χ0v) is 17.6. The van der Waals surface area contributed by atoms with Gasteiger partial charge in [-0.1, -0.05) is 23.9 Å². The van der Waals surface area contributed by atoms with Crippen LogP contribution in [0.15, 0.2) is 46.8 Å². The maximum Gasteiger partial charge on any atom is 0.416 e. The molecule has 31 heavy (non-hydrogen) atoms. The number of aliphatic imine (C=N–C) groups is 1. The molecule has 7 nitrogen and oxygen atoms in total. The summed E-state index contributed by atoms with van der Waals surface area (Å²) >= 11 is 2.53. The van der Waals surface area contributed by atoms with Crippen LogP contribution in [0.2, 0.25) is 0 Å². The van der Waals surface area contributed by atoms with Crippen molar-refractivity contribution in [3.63, 3.8) is 0 Å². The van der Waals surface area contributed by atoms with Crippen molar-refractivity contribution in [3.8, 4) is 0 Å². The summed E-state index contributed by atoms with van der Waals surface area (Å²) in [7, 11) is 0. The maximum atomic E-state index is 13.2. The highest BCUT2D eigenvalue weighted by atomic mass is 32.2. The molecule has 2 amide bonds. The van der Waals surface area contributed by atoms with Crippen molar-refractivity contribution in [2.24, 2.45) is 10.9 Å². The number of halogens is 3. The Kier molecular flexibility index (Phi) is 6.32. The first-order chi connectivity index (χ1) is 14.8. The molecule has 1 aromatic heterocycles. The fourth-order valence-corrected chi connectivity index (χ4v) is 4.73. The molecule has 1 saturated heterocycles. The Balaban J connectivity index is 1.53. The molecule has 0 radical (unpaired) electrons. The molecule has 164 valence electrons. The number of nitrogens with zero attached hydrogens (tertiary/aromatic N) is 2. The largest absolute Gasteiger partial charge is 0.416 e. The molecule has 1 aromatic carbocycles. The van der Waals surface area contributed by atoms with E-state index in [1.165, 1.54) is 28.4 Å². The van der Waals surface area contributed by atoms with Crippen molar-refractivity contribution in [1.29, 1.82) is 0 Å². The molecule has 0 saturated carbocycles. The number of carbonyl (C=O) groups excluding carboxylic acids is 2. The summed E-state index contributed by atoms with van der Waals surface area (Å²) in [6, 6.07) is 8.32. The molecular formula is C19H18F3N5O2S2. The number of anilines is 1. The molecule has 4 rings (SSSR count). The number of benzene rings is 1. The molecule has 1 fully saturated rings. The number of nitrogens with one attached hydrogen (secondary N) is 3. The molecule has 0 bridgehead atoms. The normalized spacial score (nSPS) is 21.1. The first-order valence-corrected chi connectivity index (χ1v) is 11.2. The lowest BCUT2D eigenvalue weighted by molar-refractivity contribution is -0.137. The third kappa shape index (κ3) is 4.92. The molecule has 3 N–H and O–H groups in total. The summed E-state index contributed by atoms with van der Waals surface area (Å²) in [6.07, 6.45) is -5.08. The summed E-state index contributed by atoms with van der Waals surface area (Å²) in [5, 5.41) is 4.86. The van der Waals surface area contributed by atoms with Crippen LogP contribution in [0.4, 0.5) is 18.9 Å². The molecule has 0 spiro atoms. The van der Waals surface area contributed by atoms with Crippen LogP contribution in [0, 0.1) is 5.92 Å². The van der Waals surface area contributed by atoms with Crippen LogP contribution in [0.25, 0.3) is 0 Å². The standard InChI is InChI=1S/C19H18F3N5O2S2/c20-19(21,22)11-3-1-4-12(7-11)27-17(29)14-9-24-26-16(14)25-18(27)31-10-15(28)23-8-13-5-2-6-30-13/h1-7,14,16,24,26H,8-10H2,(H,23,28). The second-order valence-corrected chi connectivity index (χ2v) is 8.83. The average molecular weight is 470 g/mol. The topological polar surface area (TPSA) is 85.8 Å². The molecule has 2 aliphatic heterocycles. The number of thioether (sulfide) groups is 1. The van der Waals surface area contributed by atoms with E-state index in [1.54, 1.807) is 0 Å². The van der Waals surface area contributed by atoms with Crippen LogP contribution < -0.4 is 21.1 Å². The smallest absolute Gasteiger partial charge is 0.350 e. The number of thiophene rings is 1. The van der Waals surface area contributed by atoms with Gasteiger partial charge in [-0.05, 0) is 29.6 Å². The van der Waals surface area contributed by atoms with Gasteiger partial charge >= 0.3 is 6.18 Å². The van der Waals surface area contributed by atoms with Gasteiger partial charge in [-0.15, -0.1) is 11.3 Å². The van der Waals surface area contributed by atoms with Crippen molar-refractivity contribution in [3.05, 3.63) is 52.2 Å². The predicted molar refractivity (Wildman–Crippen MR) is 113 cm³/mol. The Labute approximate surface area is 184 Å². The van der Waals surface area contributed by atoms with Crippen LogP contribution in [0.5, 0.6) is 0 Å². The van der Waals surface area contributed by atoms with Gasteiger partial charge < -0.3 is 5.32 Å². The van der Waals surface area contributed by atoms with Crippen LogP contribution in [0.3, 0.4) is 0 Å². The van der Waals surface area contributed by atoms with Crippen molar-refractivity contribution >= 4 is 45.8 Å². The van der Waals surface area contributed by atoms with Crippen LogP contribution in [-0.4, -0.2) is 35.4 Å². The van der Waals surface area contributed by atoms with Crippen molar-refractivity contribution < 1.29 is 22.8 Å². The SMILES string of the molecule is O=C(CSC1=NC2NNCC2C(=O)N1c1cccc(C(F)(F)F)c1)NCc1cccs1. The number of amides is 2. The highest BCUT2D eigenvalue weighted by molar-refractivity contribution is 8.14. The van der Waals surface area contributed by atoms with E-state index in [0.29, 0.717) is 13.1 Å². The summed E-state index contributed by atoms with van der Waals surface area (Å²) < 4.78 is 39.6. The second kappa shape index (κ2) is 8.99. The van der Waals surface area contributed by atoms with E-state index in [-0.39, 0.29) is 28.4 Å². The molecule has 2 aromatic rings. The minimum atomic E-state index is -4.54. The van der Waals surface area contributed by atoms with Crippen molar-refractivity contribution in [2.75, 3.05) is 17.2 Å². The van der Waals surface area contributed by atoms with Gasteiger partial charge in [0.05, 0.1) is 29.5 Å². The Hall–Kier alpha value is -2.41. The quantitative estimate of drug-likeness (QED) is 0.627. The minimum Gasteiger partial charge on any atom is -0.350 e. The van der Waals surface area contributed by atoms with E-state index in [4.69, 9.17) is 0 Å². The number of hydrazine groups is 1. The summed E-state index contributed by atoms with van der Waals surface area (Å²) in [5.74, 6) is -1.22. The fourth-order valence-electron chi connectivity index (χ4n) is 3.21. The van der Waals surface area contributed by atoms with Gasteiger partial charge in [-0.3, -0.25) is 19.9 Å². The Morgan fingerprint density at radius 1 is 1.32 bits per heavy atom. The van der Waals surface area contributed by atoms with E-state index in [1.807, 2.05) is 17.5 Å². The van der Waals surface area contributed by atoms with Crippen LogP contribution in [0.1, 0.15) is 10.4 Å². The van der Waals surface area contributed by atoms with Crippen molar-refractivity contribution in [2.45, 2.75) is 18.9 Å². The zero-order chi connectivity index (χ0) is 22.0. The van der Waals surface area contributed by atoms with Gasteiger partial charge in [0.15, 0.2) is 5.17 Å². The Bertz CT molecular complexity index is 997. The lowest BCUT2D eigenvalue weighted by Crippen LogP contribution is -2.49. The van der Waals surface area contributed by atoms with E-state index < -0.39 is 23.8 Å². The highest BCUT2D eigenvalue weighted by Crippen LogP contribution is 2.34. The molecular weight excluding hydrogens is 451 g/mol. The molecule has 2 aliphatic rings. The molecule has 3 heterocycles. The van der Waals surface area contributed by atoms with Crippen molar-refractivity contribution in [1.82, 2.24) is 16.2 Å². The highest BCUT2D eigenvalue weighted by Gasteiger charge is 2.43. The molecule has 2 atom stereocenters. The lowest BCUT2D eigenvalue weighted by atomic mass is 10.0. The third-order valence-corrected chi connectivity index (χ3v) is 6.56. The van der Waals surface area contributed by atoms with Gasteiger partial charge in [0.2, 0.25) is 11.8 Å². The second-order valence-electron chi connectivity index (χ2n) is 6.85. The van der Waals surface area contributed by atoms with Gasteiger partial charge in [-0.25, -0.2) is 10.4 Å². The lowest BCUT2D eigenvalue weighted by Gasteiger charge is -2.32. The first-order valence-electron chi connectivity index (χ1n) is 9.32. The Morgan fingerprint density at radius 3 is 2.90 bits per heavy atom. The predicted octanol–water partition coefficient (Wildman–Crippen LogP) is 2.57. The molecule has 2 unspecified atom stereocenters. The monoisotopic (exact) mass is 469 g/mol. The molecule has 0 aliphatic carbocycles. The van der Waals surface area contributed by atoms with Gasteiger partial charge in [0.25, 0.3) is 0 Å². The number of amidine groups is 1. The summed E-state index contributed by atoms with van der Waals surface area (Å²) in [6.45, 7) is 0.692. The third-order valence-electron chi connectivity index (χ3n) is 4.74. The van der Waals surface area contributed by atoms with E-state index >= 15 is 0 Å². The number of hydrogen-bond donors (Lipinski definition) is 3. The Morgan fingerprint density at radius 2 is 2.16 bits per heavy atom. The summed E-state index contributed by atoms with van der Waals surface area (Å²) in [4.78, 5) is 32.0. The number of fused-ring (bicyclic) bond motifs is 1. The first kappa shape index (κ1) is 21.8. The maximum absolute atomic E-state index is 13.2. The fraction of sp³-hybridized carbons (Fsp3) is 0.316. The number of hydrogen-bond acceptors (Lipinski definition) is 7. The number of carbonyl (C=O) groups is 2. The van der Waals surface area contributed by atoms with Crippen LogP contribution >= 0.6 is 23.1 Å². The zero-order valence-electron chi connectivity index (χ0n) is 16.0. The number of rotatable bonds is 5. The van der Waals surface area contributed by atoms with E-state index in [9.17, 15) is 22.8 Å². The van der Waals surface area contributed by atoms with Gasteiger partial charge in [0, 0.05) is 11.4 Å². The minimum absolute atomic E-state index is 0.0300. The molecule has 12 heteroatoms. The van der Waals surface area contributed by atoms with Crippen LogP contribution in [-0.2, 0) is 22.3 Å². The average Bonchev–Trinajstić information content (AvgIpc) is 3.42. The number of alkyl halides is 3. The van der Waals surface area contributed by atoms with E-state index in [0.717, 1.165) is 28.8 Å².